The summed E-state index contributed by atoms with van der Waals surface area (Å²) < 4.78 is 41.5. The molecule has 0 saturated heterocycles. The number of carbonyl (C=O) groups excluding carboxylic acids is 1. The average Bonchev–Trinajstić information content (AvgIpc) is 2.27. The Balaban J connectivity index is 2.85. The Morgan fingerprint density at radius 1 is 1.35 bits per heavy atom. The molecule has 0 radical (unpaired) electrons. The number of alkyl halides is 3. The van der Waals surface area contributed by atoms with Crippen LogP contribution in [0.4, 0.5) is 18.9 Å². The van der Waals surface area contributed by atoms with Gasteiger partial charge in [-0.1, -0.05) is 18.7 Å². The number of benzene rings is 1. The first-order valence-corrected chi connectivity index (χ1v) is 4.56. The van der Waals surface area contributed by atoms with Crippen molar-refractivity contribution >= 4 is 11.6 Å². The molecule has 0 atom stereocenters. The molecule has 0 fully saturated rings. The number of nitrogens with one attached hydrogen (secondary N) is 1. The van der Waals surface area contributed by atoms with Crippen molar-refractivity contribution in [1.82, 2.24) is 0 Å². The predicted molar refractivity (Wildman–Crippen MR) is 56.8 cm³/mol. The van der Waals surface area contributed by atoms with Gasteiger partial charge in [0.15, 0.2) is 0 Å². The quantitative estimate of drug-likeness (QED) is 0.831. The fraction of sp³-hybridized carbons (Fsp3) is 0.182. The zero-order valence-electron chi connectivity index (χ0n) is 8.97. The van der Waals surface area contributed by atoms with Crippen molar-refractivity contribution in [1.29, 1.82) is 0 Å². The largest absolute Gasteiger partial charge is 0.495 e. The Hall–Kier alpha value is -1.98. The number of carbonyl (C=O) groups is 1. The Kier molecular flexibility index (Phi) is 3.77. The van der Waals surface area contributed by atoms with E-state index < -0.39 is 17.7 Å². The summed E-state index contributed by atoms with van der Waals surface area (Å²) in [6, 6.07) is 6.15. The Morgan fingerprint density at radius 2 is 1.94 bits per heavy atom. The van der Waals surface area contributed by atoms with Crippen LogP contribution in [0.1, 0.15) is 0 Å². The van der Waals surface area contributed by atoms with Crippen LogP contribution in [0.25, 0.3) is 0 Å². The third-order valence-corrected chi connectivity index (χ3v) is 1.97. The van der Waals surface area contributed by atoms with Gasteiger partial charge in [0, 0.05) is 0 Å². The van der Waals surface area contributed by atoms with E-state index in [9.17, 15) is 18.0 Å². The van der Waals surface area contributed by atoms with Crippen molar-refractivity contribution in [3.63, 3.8) is 0 Å². The summed E-state index contributed by atoms with van der Waals surface area (Å²) in [4.78, 5) is 11.2. The van der Waals surface area contributed by atoms with E-state index in [2.05, 4.69) is 11.9 Å². The van der Waals surface area contributed by atoms with Gasteiger partial charge in [-0.2, -0.15) is 13.2 Å². The topological polar surface area (TPSA) is 38.3 Å². The third kappa shape index (κ3) is 3.24. The van der Waals surface area contributed by atoms with Gasteiger partial charge in [0.1, 0.15) is 11.3 Å². The van der Waals surface area contributed by atoms with E-state index in [1.807, 2.05) is 0 Å². The van der Waals surface area contributed by atoms with E-state index in [1.165, 1.54) is 19.2 Å². The third-order valence-electron chi connectivity index (χ3n) is 1.97. The molecule has 17 heavy (non-hydrogen) atoms. The van der Waals surface area contributed by atoms with E-state index >= 15 is 0 Å². The number of rotatable bonds is 3. The lowest BCUT2D eigenvalue weighted by Gasteiger charge is -2.12. The first-order chi connectivity index (χ1) is 7.86. The van der Waals surface area contributed by atoms with Crippen LogP contribution in [-0.4, -0.2) is 19.2 Å². The van der Waals surface area contributed by atoms with Crippen molar-refractivity contribution in [2.24, 2.45) is 0 Å². The van der Waals surface area contributed by atoms with E-state index in [0.29, 0.717) is 0 Å². The maximum absolute atomic E-state index is 12.2. The maximum Gasteiger partial charge on any atom is 0.421 e. The lowest BCUT2D eigenvalue weighted by molar-refractivity contribution is -0.126. The fourth-order valence-electron chi connectivity index (χ4n) is 1.07. The van der Waals surface area contributed by atoms with E-state index in [-0.39, 0.29) is 11.4 Å². The molecule has 0 unspecified atom stereocenters. The highest BCUT2D eigenvalue weighted by atomic mass is 19.4. The molecule has 1 amide bonds. The van der Waals surface area contributed by atoms with Crippen molar-refractivity contribution < 1.29 is 22.7 Å². The number of methoxy groups -OCH3 is 1. The minimum absolute atomic E-state index is 0.158. The number of amides is 1. The highest BCUT2D eigenvalue weighted by Crippen LogP contribution is 2.27. The normalized spacial score (nSPS) is 10.8. The van der Waals surface area contributed by atoms with Crippen LogP contribution in [0.15, 0.2) is 36.4 Å². The minimum Gasteiger partial charge on any atom is -0.495 e. The average molecular weight is 245 g/mol. The number of halogens is 3. The minimum atomic E-state index is -4.74. The number of anilines is 1. The van der Waals surface area contributed by atoms with Gasteiger partial charge in [0.05, 0.1) is 12.8 Å². The van der Waals surface area contributed by atoms with E-state index in [1.54, 1.807) is 12.1 Å². The van der Waals surface area contributed by atoms with Gasteiger partial charge in [-0.3, -0.25) is 4.79 Å². The molecule has 1 N–H and O–H groups in total. The summed E-state index contributed by atoms with van der Waals surface area (Å²) >= 11 is 0. The van der Waals surface area contributed by atoms with E-state index in [4.69, 9.17) is 4.74 Å². The zero-order chi connectivity index (χ0) is 13.1. The second-order valence-electron chi connectivity index (χ2n) is 3.13. The summed E-state index contributed by atoms with van der Waals surface area (Å²) in [5.41, 5.74) is -1.30. The maximum atomic E-state index is 12.2. The van der Waals surface area contributed by atoms with Crippen LogP contribution >= 0.6 is 0 Å². The lowest BCUT2D eigenvalue weighted by atomic mass is 10.2. The van der Waals surface area contributed by atoms with Crippen LogP contribution in [0.2, 0.25) is 0 Å². The molecule has 0 spiro atoms. The van der Waals surface area contributed by atoms with Gasteiger partial charge in [-0.15, -0.1) is 0 Å². The van der Waals surface area contributed by atoms with Crippen LogP contribution in [0, 0.1) is 0 Å². The van der Waals surface area contributed by atoms with Crippen LogP contribution in [0.5, 0.6) is 5.75 Å². The van der Waals surface area contributed by atoms with Crippen LogP contribution < -0.4 is 10.1 Å². The summed E-state index contributed by atoms with van der Waals surface area (Å²) in [6.07, 6.45) is -4.74. The van der Waals surface area contributed by atoms with Gasteiger partial charge in [-0.25, -0.2) is 0 Å². The molecule has 0 aliphatic heterocycles. The summed E-state index contributed by atoms with van der Waals surface area (Å²) in [6.45, 7) is 2.70. The summed E-state index contributed by atoms with van der Waals surface area (Å²) in [7, 11) is 1.35. The SMILES string of the molecule is C=C(C(=O)Nc1ccccc1OC)C(F)(F)F. The van der Waals surface area contributed by atoms with Gasteiger partial charge >= 0.3 is 6.18 Å². The Morgan fingerprint density at radius 3 is 2.47 bits per heavy atom. The number of hydrogen-bond acceptors (Lipinski definition) is 2. The van der Waals surface area contributed by atoms with Crippen molar-refractivity contribution in [3.8, 4) is 5.75 Å². The lowest BCUT2D eigenvalue weighted by Crippen LogP contribution is -2.24. The zero-order valence-corrected chi connectivity index (χ0v) is 8.97. The molecule has 1 aromatic carbocycles. The van der Waals surface area contributed by atoms with Crippen LogP contribution in [0.3, 0.4) is 0 Å². The second kappa shape index (κ2) is 4.90. The molecule has 1 aromatic rings. The molecule has 0 heterocycles. The van der Waals surface area contributed by atoms with Gasteiger partial charge < -0.3 is 10.1 Å². The first kappa shape index (κ1) is 13.1. The summed E-state index contributed by atoms with van der Waals surface area (Å²) in [5.74, 6) is -1.03. The molecular weight excluding hydrogens is 235 g/mol. The van der Waals surface area contributed by atoms with Crippen molar-refractivity contribution in [2.75, 3.05) is 12.4 Å². The monoisotopic (exact) mass is 245 g/mol. The van der Waals surface area contributed by atoms with Crippen molar-refractivity contribution in [2.45, 2.75) is 6.18 Å². The number of para-hydroxylation sites is 2. The standard InChI is InChI=1S/C11H10F3NO2/c1-7(11(12,13)14)10(16)15-8-5-3-4-6-9(8)17-2/h3-6H,1H2,2H3,(H,15,16). The van der Waals surface area contributed by atoms with Gasteiger partial charge in [0.25, 0.3) is 5.91 Å². The van der Waals surface area contributed by atoms with E-state index in [0.717, 1.165) is 0 Å². The number of hydrogen-bond donors (Lipinski definition) is 1. The Bertz CT molecular complexity index is 441. The molecule has 3 nitrogen and oxygen atoms in total. The molecule has 6 heteroatoms. The summed E-state index contributed by atoms with van der Waals surface area (Å²) in [5, 5.41) is 2.08. The molecule has 0 saturated carbocycles. The molecule has 92 valence electrons. The molecule has 0 aromatic heterocycles. The fourth-order valence-corrected chi connectivity index (χ4v) is 1.07. The molecule has 0 aliphatic carbocycles. The smallest absolute Gasteiger partial charge is 0.421 e. The highest BCUT2D eigenvalue weighted by molar-refractivity contribution is 6.04. The molecule has 0 aliphatic rings. The van der Waals surface area contributed by atoms with Gasteiger partial charge in [0.2, 0.25) is 0 Å². The molecular formula is C11H10F3NO2. The van der Waals surface area contributed by atoms with Gasteiger partial charge in [-0.05, 0) is 12.1 Å². The number of ether oxygens (including phenoxy) is 1. The predicted octanol–water partition coefficient (Wildman–Crippen LogP) is 2.75. The Labute approximate surface area is 95.9 Å². The first-order valence-electron chi connectivity index (χ1n) is 4.56. The highest BCUT2D eigenvalue weighted by Gasteiger charge is 2.36. The second-order valence-corrected chi connectivity index (χ2v) is 3.13. The van der Waals surface area contributed by atoms with Crippen LogP contribution in [-0.2, 0) is 4.79 Å². The van der Waals surface area contributed by atoms with Crippen molar-refractivity contribution in [3.05, 3.63) is 36.4 Å². The molecule has 1 rings (SSSR count). The molecule has 0 bridgehead atoms.